The Morgan fingerprint density at radius 3 is 2.82 bits per heavy atom. The number of carboxylic acid groups (broad SMARTS) is 1. The summed E-state index contributed by atoms with van der Waals surface area (Å²) in [5, 5.41) is 9.07. The van der Waals surface area contributed by atoms with Crippen LogP contribution in [-0.4, -0.2) is 11.1 Å². The van der Waals surface area contributed by atoms with Crippen LogP contribution in [0, 0.1) is 5.41 Å². The van der Waals surface area contributed by atoms with E-state index >= 15 is 0 Å². The largest absolute Gasteiger partial charge is 0.481 e. The van der Waals surface area contributed by atoms with Gasteiger partial charge < -0.3 is 5.11 Å². The minimum Gasteiger partial charge on any atom is -0.481 e. The molecule has 2 aliphatic carbocycles. The standard InChI is InChI=1S/C15H18O2/c16-14(17)10-15(8-9-15)13-7-3-5-11-4-1-2-6-12(11)13/h1-2,4,6,13H,3,5,7-10H2,(H,16,17). The third-order valence-corrected chi connectivity index (χ3v) is 4.50. The first kappa shape index (κ1) is 10.8. The van der Waals surface area contributed by atoms with Gasteiger partial charge in [-0.05, 0) is 54.6 Å². The lowest BCUT2D eigenvalue weighted by Crippen LogP contribution is -2.22. The highest BCUT2D eigenvalue weighted by molar-refractivity contribution is 5.68. The second kappa shape index (κ2) is 3.86. The molecule has 0 heterocycles. The fourth-order valence-corrected chi connectivity index (χ4v) is 3.50. The van der Waals surface area contributed by atoms with Gasteiger partial charge in [-0.25, -0.2) is 0 Å². The monoisotopic (exact) mass is 230 g/mol. The van der Waals surface area contributed by atoms with Crippen molar-refractivity contribution < 1.29 is 9.90 Å². The van der Waals surface area contributed by atoms with Crippen LogP contribution in [0.15, 0.2) is 24.3 Å². The van der Waals surface area contributed by atoms with Gasteiger partial charge in [0.15, 0.2) is 0 Å². The van der Waals surface area contributed by atoms with Crippen molar-refractivity contribution in [2.45, 2.75) is 44.4 Å². The van der Waals surface area contributed by atoms with Crippen molar-refractivity contribution in [3.8, 4) is 0 Å². The molecule has 0 bridgehead atoms. The molecule has 1 aromatic carbocycles. The molecule has 2 heteroatoms. The minimum absolute atomic E-state index is 0.0857. The van der Waals surface area contributed by atoms with E-state index in [0.29, 0.717) is 12.3 Å². The maximum absolute atomic E-state index is 11.0. The van der Waals surface area contributed by atoms with Gasteiger partial charge in [0.25, 0.3) is 0 Å². The summed E-state index contributed by atoms with van der Waals surface area (Å²) in [6.45, 7) is 0. The second-order valence-electron chi connectivity index (χ2n) is 5.58. The number of carbonyl (C=O) groups is 1. The number of benzene rings is 1. The highest BCUT2D eigenvalue weighted by atomic mass is 16.4. The SMILES string of the molecule is O=C(O)CC1(C2CCCc3ccccc32)CC1. The lowest BCUT2D eigenvalue weighted by molar-refractivity contribution is -0.138. The molecule has 3 rings (SSSR count). The summed E-state index contributed by atoms with van der Waals surface area (Å²) in [4.78, 5) is 11.0. The summed E-state index contributed by atoms with van der Waals surface area (Å²) in [6, 6.07) is 8.60. The molecule has 0 spiro atoms. The lowest BCUT2D eigenvalue weighted by Gasteiger charge is -2.32. The molecule has 0 aliphatic heterocycles. The molecule has 90 valence electrons. The van der Waals surface area contributed by atoms with Gasteiger partial charge in [0, 0.05) is 0 Å². The number of fused-ring (bicyclic) bond motifs is 1. The van der Waals surface area contributed by atoms with E-state index in [2.05, 4.69) is 24.3 Å². The molecule has 1 aromatic rings. The van der Waals surface area contributed by atoms with E-state index in [4.69, 9.17) is 5.11 Å². The third-order valence-electron chi connectivity index (χ3n) is 4.50. The van der Waals surface area contributed by atoms with Gasteiger partial charge in [-0.15, -0.1) is 0 Å². The summed E-state index contributed by atoms with van der Waals surface area (Å²) in [7, 11) is 0. The van der Waals surface area contributed by atoms with Crippen molar-refractivity contribution in [2.24, 2.45) is 5.41 Å². The zero-order valence-corrected chi connectivity index (χ0v) is 9.98. The highest BCUT2D eigenvalue weighted by Crippen LogP contribution is 2.61. The van der Waals surface area contributed by atoms with Gasteiger partial charge in [-0.2, -0.15) is 0 Å². The first-order valence-electron chi connectivity index (χ1n) is 6.51. The van der Waals surface area contributed by atoms with E-state index in [1.165, 1.54) is 24.0 Å². The van der Waals surface area contributed by atoms with Crippen LogP contribution in [0.1, 0.15) is 49.1 Å². The van der Waals surface area contributed by atoms with Crippen molar-refractivity contribution in [1.82, 2.24) is 0 Å². The van der Waals surface area contributed by atoms with Gasteiger partial charge in [0.2, 0.25) is 0 Å². The fourth-order valence-electron chi connectivity index (χ4n) is 3.50. The second-order valence-corrected chi connectivity index (χ2v) is 5.58. The topological polar surface area (TPSA) is 37.3 Å². The average molecular weight is 230 g/mol. The van der Waals surface area contributed by atoms with Gasteiger partial charge in [-0.3, -0.25) is 4.79 Å². The maximum atomic E-state index is 11.0. The minimum atomic E-state index is -0.634. The molecule has 1 fully saturated rings. The zero-order chi connectivity index (χ0) is 11.9. The predicted octanol–water partition coefficient (Wildman–Crippen LogP) is 3.36. The van der Waals surface area contributed by atoms with Crippen molar-refractivity contribution in [2.75, 3.05) is 0 Å². The Morgan fingerprint density at radius 2 is 2.12 bits per heavy atom. The lowest BCUT2D eigenvalue weighted by atomic mass is 9.72. The van der Waals surface area contributed by atoms with E-state index in [1.807, 2.05) is 0 Å². The molecule has 0 aromatic heterocycles. The van der Waals surface area contributed by atoms with Crippen LogP contribution in [-0.2, 0) is 11.2 Å². The number of hydrogen-bond donors (Lipinski definition) is 1. The molecule has 1 saturated carbocycles. The Balaban J connectivity index is 1.93. The smallest absolute Gasteiger partial charge is 0.303 e. The molecule has 17 heavy (non-hydrogen) atoms. The zero-order valence-electron chi connectivity index (χ0n) is 9.98. The van der Waals surface area contributed by atoms with Gasteiger partial charge in [0.1, 0.15) is 0 Å². The van der Waals surface area contributed by atoms with E-state index in [1.54, 1.807) is 0 Å². The predicted molar refractivity (Wildman–Crippen MR) is 66.0 cm³/mol. The number of carboxylic acids is 1. The summed E-state index contributed by atoms with van der Waals surface area (Å²) >= 11 is 0. The van der Waals surface area contributed by atoms with Crippen molar-refractivity contribution >= 4 is 5.97 Å². The Morgan fingerprint density at radius 1 is 1.35 bits per heavy atom. The van der Waals surface area contributed by atoms with E-state index < -0.39 is 5.97 Å². The Bertz CT molecular complexity index is 446. The normalized spacial score (nSPS) is 25.1. The van der Waals surface area contributed by atoms with Gasteiger partial charge in [0.05, 0.1) is 6.42 Å². The molecule has 1 N–H and O–H groups in total. The first-order chi connectivity index (χ1) is 8.21. The van der Waals surface area contributed by atoms with Crippen LogP contribution in [0.4, 0.5) is 0 Å². The van der Waals surface area contributed by atoms with E-state index in [-0.39, 0.29) is 5.41 Å². The molecule has 1 atom stereocenters. The number of rotatable bonds is 3. The molecule has 0 amide bonds. The number of aryl methyl sites for hydroxylation is 1. The summed E-state index contributed by atoms with van der Waals surface area (Å²) in [5.41, 5.74) is 2.96. The fraction of sp³-hybridized carbons (Fsp3) is 0.533. The Hall–Kier alpha value is -1.31. The van der Waals surface area contributed by atoms with Crippen LogP contribution in [0.2, 0.25) is 0 Å². The van der Waals surface area contributed by atoms with Crippen LogP contribution < -0.4 is 0 Å². The van der Waals surface area contributed by atoms with Gasteiger partial charge in [-0.1, -0.05) is 24.3 Å². The quantitative estimate of drug-likeness (QED) is 0.864. The van der Waals surface area contributed by atoms with Crippen LogP contribution >= 0.6 is 0 Å². The Kier molecular flexibility index (Phi) is 2.46. The average Bonchev–Trinajstić information content (AvgIpc) is 3.08. The molecule has 2 aliphatic rings. The molecule has 0 saturated heterocycles. The van der Waals surface area contributed by atoms with Crippen LogP contribution in [0.5, 0.6) is 0 Å². The summed E-state index contributed by atoms with van der Waals surface area (Å²) in [5.74, 6) is -0.144. The number of hydrogen-bond acceptors (Lipinski definition) is 1. The maximum Gasteiger partial charge on any atom is 0.303 e. The summed E-state index contributed by atoms with van der Waals surface area (Å²) in [6.07, 6.45) is 6.09. The van der Waals surface area contributed by atoms with Crippen molar-refractivity contribution in [3.63, 3.8) is 0 Å². The Labute approximate surface area is 102 Å². The van der Waals surface area contributed by atoms with Crippen molar-refractivity contribution in [1.29, 1.82) is 0 Å². The van der Waals surface area contributed by atoms with Crippen molar-refractivity contribution in [3.05, 3.63) is 35.4 Å². The van der Waals surface area contributed by atoms with Crippen LogP contribution in [0.25, 0.3) is 0 Å². The van der Waals surface area contributed by atoms with E-state index in [9.17, 15) is 4.79 Å². The van der Waals surface area contributed by atoms with Gasteiger partial charge >= 0.3 is 5.97 Å². The molecule has 1 unspecified atom stereocenters. The number of aliphatic carboxylic acids is 1. The third kappa shape index (κ3) is 1.86. The summed E-state index contributed by atoms with van der Waals surface area (Å²) < 4.78 is 0. The van der Waals surface area contributed by atoms with E-state index in [0.717, 1.165) is 19.3 Å². The molecule has 2 nitrogen and oxygen atoms in total. The molecular weight excluding hydrogens is 212 g/mol. The molecule has 0 radical (unpaired) electrons. The molecular formula is C15H18O2. The first-order valence-corrected chi connectivity index (χ1v) is 6.51. The highest BCUT2D eigenvalue weighted by Gasteiger charge is 2.51. The van der Waals surface area contributed by atoms with Crippen LogP contribution in [0.3, 0.4) is 0 Å².